The van der Waals surface area contributed by atoms with Crippen LogP contribution < -0.4 is 0 Å². The van der Waals surface area contributed by atoms with E-state index in [1.165, 1.54) is 12.8 Å². The summed E-state index contributed by atoms with van der Waals surface area (Å²) in [5.74, 6) is 1.64. The third kappa shape index (κ3) is 1.84. The molecule has 2 rings (SSSR count). The smallest absolute Gasteiger partial charge is 0.161 e. The number of hydrogen-bond acceptors (Lipinski definition) is 1. The Morgan fingerprint density at radius 2 is 2.00 bits per heavy atom. The lowest BCUT2D eigenvalue weighted by Crippen LogP contribution is -2.24. The number of hydrogen-bond donors (Lipinski definition) is 0. The highest BCUT2D eigenvalue weighted by atomic mass is 16.1. The highest BCUT2D eigenvalue weighted by molar-refractivity contribution is 5.99. The molecular formula is C12H19O. The van der Waals surface area contributed by atoms with Crippen LogP contribution in [0.4, 0.5) is 0 Å². The average molecular weight is 179 g/mol. The summed E-state index contributed by atoms with van der Waals surface area (Å²) in [6, 6.07) is 0. The standard InChI is InChI=1S/C12H17O.H2/c1-9-5-7-11(8-6-9)12(13)10-3-2-4-10;/h2-3,9,11H,4-8H2,1H3;1H. The van der Waals surface area contributed by atoms with E-state index in [0.717, 1.165) is 30.8 Å². The van der Waals surface area contributed by atoms with Crippen molar-refractivity contribution < 1.29 is 6.22 Å². The summed E-state index contributed by atoms with van der Waals surface area (Å²) in [6.07, 6.45) is 9.71. The predicted molar refractivity (Wildman–Crippen MR) is 55.2 cm³/mol. The number of carbonyl (C=O) groups excluding carboxylic acids is 1. The van der Waals surface area contributed by atoms with Crippen molar-refractivity contribution in [3.63, 3.8) is 0 Å². The summed E-state index contributed by atoms with van der Waals surface area (Å²) in [4.78, 5) is 11.8. The van der Waals surface area contributed by atoms with Crippen molar-refractivity contribution in [2.45, 2.75) is 39.0 Å². The van der Waals surface area contributed by atoms with Gasteiger partial charge in [0.2, 0.25) is 0 Å². The second kappa shape index (κ2) is 3.65. The van der Waals surface area contributed by atoms with Crippen molar-refractivity contribution in [2.75, 3.05) is 0 Å². The van der Waals surface area contributed by atoms with Gasteiger partial charge >= 0.3 is 0 Å². The van der Waals surface area contributed by atoms with Gasteiger partial charge in [-0.25, -0.2) is 0 Å². The molecule has 0 aromatic heterocycles. The molecule has 13 heavy (non-hydrogen) atoms. The van der Waals surface area contributed by atoms with E-state index in [-0.39, 0.29) is 1.43 Å². The molecule has 1 fully saturated rings. The molecule has 0 amide bonds. The van der Waals surface area contributed by atoms with Gasteiger partial charge in [-0.15, -0.1) is 0 Å². The van der Waals surface area contributed by atoms with Crippen LogP contribution in [0.25, 0.3) is 0 Å². The van der Waals surface area contributed by atoms with Crippen molar-refractivity contribution >= 4 is 5.78 Å². The normalized spacial score (nSPS) is 33.5. The molecule has 0 heterocycles. The van der Waals surface area contributed by atoms with E-state index >= 15 is 0 Å². The van der Waals surface area contributed by atoms with Gasteiger partial charge in [-0.05, 0) is 37.2 Å². The van der Waals surface area contributed by atoms with Crippen LogP contribution in [0, 0.1) is 18.3 Å². The summed E-state index contributed by atoms with van der Waals surface area (Å²) in [6.45, 7) is 2.29. The van der Waals surface area contributed by atoms with Gasteiger partial charge in [0.25, 0.3) is 0 Å². The fraction of sp³-hybridized carbons (Fsp3) is 0.667. The first kappa shape index (κ1) is 8.98. The van der Waals surface area contributed by atoms with E-state index in [1.54, 1.807) is 0 Å². The van der Waals surface area contributed by atoms with Crippen LogP contribution in [0.2, 0.25) is 0 Å². The quantitative estimate of drug-likeness (QED) is 0.636. The van der Waals surface area contributed by atoms with Gasteiger partial charge in [0, 0.05) is 7.34 Å². The molecule has 0 aromatic rings. The van der Waals surface area contributed by atoms with Crippen molar-refractivity contribution in [1.82, 2.24) is 0 Å². The molecule has 0 atom stereocenters. The van der Waals surface area contributed by atoms with E-state index in [9.17, 15) is 4.79 Å². The number of rotatable bonds is 2. The van der Waals surface area contributed by atoms with E-state index < -0.39 is 0 Å². The molecule has 0 bridgehead atoms. The third-order valence-electron chi connectivity index (χ3n) is 3.36. The van der Waals surface area contributed by atoms with E-state index in [0.29, 0.717) is 11.7 Å². The van der Waals surface area contributed by atoms with Crippen LogP contribution >= 0.6 is 0 Å². The maximum absolute atomic E-state index is 11.8. The van der Waals surface area contributed by atoms with Crippen LogP contribution in [0.1, 0.15) is 40.5 Å². The molecule has 1 nitrogen and oxygen atoms in total. The Balaban J connectivity index is 0.000000980. The van der Waals surface area contributed by atoms with Crippen molar-refractivity contribution in [3.8, 4) is 0 Å². The summed E-state index contributed by atoms with van der Waals surface area (Å²) in [7, 11) is 0. The fourth-order valence-corrected chi connectivity index (χ4v) is 2.20. The molecule has 0 aromatic carbocycles. The molecule has 0 unspecified atom stereocenters. The topological polar surface area (TPSA) is 17.1 Å². The predicted octanol–water partition coefficient (Wildman–Crippen LogP) is 3.16. The molecule has 0 spiro atoms. The highest BCUT2D eigenvalue weighted by Gasteiger charge is 2.27. The first-order chi connectivity index (χ1) is 6.27. The SMILES string of the molecule is CC1CCC(C(=O)C2=C[CH]C2)CC1.[HH]. The van der Waals surface area contributed by atoms with Gasteiger partial charge in [0.15, 0.2) is 5.78 Å². The molecule has 0 N–H and O–H groups in total. The van der Waals surface area contributed by atoms with Crippen LogP contribution in [-0.4, -0.2) is 5.78 Å². The highest BCUT2D eigenvalue weighted by Crippen LogP contribution is 2.32. The van der Waals surface area contributed by atoms with E-state index in [1.807, 2.05) is 6.08 Å². The van der Waals surface area contributed by atoms with Crippen molar-refractivity contribution in [2.24, 2.45) is 11.8 Å². The molecule has 73 valence electrons. The van der Waals surface area contributed by atoms with Gasteiger partial charge in [-0.2, -0.15) is 0 Å². The Bertz CT molecular complexity index is 237. The Labute approximate surface area is 81.7 Å². The largest absolute Gasteiger partial charge is 0.294 e. The molecule has 0 saturated heterocycles. The van der Waals surface area contributed by atoms with Crippen molar-refractivity contribution in [1.29, 1.82) is 0 Å². The molecule has 0 aliphatic heterocycles. The zero-order valence-corrected chi connectivity index (χ0v) is 8.25. The maximum Gasteiger partial charge on any atom is 0.161 e. The summed E-state index contributed by atoms with van der Waals surface area (Å²) in [5, 5.41) is 0. The summed E-state index contributed by atoms with van der Waals surface area (Å²) < 4.78 is 0. The molecule has 2 aliphatic carbocycles. The van der Waals surface area contributed by atoms with Gasteiger partial charge in [-0.1, -0.05) is 25.8 Å². The summed E-state index contributed by atoms with van der Waals surface area (Å²) >= 11 is 0. The minimum Gasteiger partial charge on any atom is -0.294 e. The lowest BCUT2D eigenvalue weighted by atomic mass is 9.77. The monoisotopic (exact) mass is 179 g/mol. The number of carbonyl (C=O) groups is 1. The second-order valence-electron chi connectivity index (χ2n) is 4.45. The third-order valence-corrected chi connectivity index (χ3v) is 3.36. The summed E-state index contributed by atoms with van der Waals surface area (Å²) in [5.41, 5.74) is 1.07. The average Bonchev–Trinajstić information content (AvgIpc) is 2.02. The maximum atomic E-state index is 11.8. The van der Waals surface area contributed by atoms with Gasteiger partial charge in [0.05, 0.1) is 0 Å². The molecule has 1 radical (unpaired) electrons. The van der Waals surface area contributed by atoms with Crippen molar-refractivity contribution in [3.05, 3.63) is 18.1 Å². The van der Waals surface area contributed by atoms with E-state index in [4.69, 9.17) is 0 Å². The van der Waals surface area contributed by atoms with Gasteiger partial charge < -0.3 is 0 Å². The van der Waals surface area contributed by atoms with Gasteiger partial charge in [0.1, 0.15) is 0 Å². The lowest BCUT2D eigenvalue weighted by Gasteiger charge is -2.27. The van der Waals surface area contributed by atoms with Crippen LogP contribution in [0.5, 0.6) is 0 Å². The molecule has 1 heteroatoms. The zero-order chi connectivity index (χ0) is 9.26. The molecular weight excluding hydrogens is 160 g/mol. The number of allylic oxidation sites excluding steroid dienone is 2. The second-order valence-corrected chi connectivity index (χ2v) is 4.45. The first-order valence-corrected chi connectivity index (χ1v) is 5.34. The first-order valence-electron chi connectivity index (χ1n) is 5.34. The Hall–Kier alpha value is -0.590. The Morgan fingerprint density at radius 3 is 2.46 bits per heavy atom. The minimum atomic E-state index is 0. The zero-order valence-electron chi connectivity index (χ0n) is 8.25. The number of ketones is 1. The number of Topliss-reactive ketones (excluding diaryl/α,β-unsaturated/α-hetero) is 1. The van der Waals surface area contributed by atoms with Crippen LogP contribution in [0.15, 0.2) is 11.6 Å². The van der Waals surface area contributed by atoms with E-state index in [2.05, 4.69) is 13.3 Å². The molecule has 2 aliphatic rings. The van der Waals surface area contributed by atoms with Crippen LogP contribution in [-0.2, 0) is 4.79 Å². The Kier molecular flexibility index (Phi) is 2.52. The lowest BCUT2D eigenvalue weighted by molar-refractivity contribution is -0.120. The van der Waals surface area contributed by atoms with Gasteiger partial charge in [-0.3, -0.25) is 4.79 Å². The fourth-order valence-electron chi connectivity index (χ4n) is 2.20. The molecule has 1 saturated carbocycles. The van der Waals surface area contributed by atoms with Crippen LogP contribution in [0.3, 0.4) is 0 Å². The minimum absolute atomic E-state index is 0. The Morgan fingerprint density at radius 1 is 1.38 bits per heavy atom.